The predicted molar refractivity (Wildman–Crippen MR) is 169 cm³/mol. The topological polar surface area (TPSA) is 83.1 Å². The number of carbonyl (C=O) groups is 2. The number of hydrogen-bond donors (Lipinski definition) is 1. The van der Waals surface area contributed by atoms with Crippen LogP contribution in [0.2, 0.25) is 16.6 Å². The minimum atomic E-state index is -2.31. The molecular formula is C32H48BrNO6Si. The molecule has 0 radical (unpaired) electrons. The molecule has 1 aromatic carbocycles. The molecular weight excluding hydrogens is 602 g/mol. The summed E-state index contributed by atoms with van der Waals surface area (Å²) in [6.45, 7) is 19.5. The van der Waals surface area contributed by atoms with E-state index < -0.39 is 25.4 Å². The summed E-state index contributed by atoms with van der Waals surface area (Å²) < 4.78 is 25.6. The number of methoxy groups -OCH3 is 2. The monoisotopic (exact) mass is 649 g/mol. The van der Waals surface area contributed by atoms with Gasteiger partial charge in [0, 0.05) is 27.6 Å². The average Bonchev–Trinajstić information content (AvgIpc) is 2.85. The van der Waals surface area contributed by atoms with Crippen molar-refractivity contribution in [3.05, 3.63) is 45.5 Å². The number of carbonyl (C=O) groups excluding carboxylic acids is 2. The lowest BCUT2D eigenvalue weighted by atomic mass is 9.61. The Balaban J connectivity index is 2.24. The van der Waals surface area contributed by atoms with Gasteiger partial charge in [0.1, 0.15) is 5.60 Å². The van der Waals surface area contributed by atoms with Crippen molar-refractivity contribution in [3.8, 4) is 11.5 Å². The van der Waals surface area contributed by atoms with Gasteiger partial charge in [0.25, 0.3) is 0 Å². The van der Waals surface area contributed by atoms with Gasteiger partial charge in [-0.3, -0.25) is 4.79 Å². The van der Waals surface area contributed by atoms with Gasteiger partial charge in [0.2, 0.25) is 8.32 Å². The number of fused-ring (bicyclic) bond motifs is 3. The first-order valence-electron chi connectivity index (χ1n) is 14.6. The molecule has 2 atom stereocenters. The number of nitrogens with one attached hydrogen (secondary N) is 1. The Kier molecular flexibility index (Phi) is 10.3. The second-order valence-corrected chi connectivity index (χ2v) is 19.3. The molecule has 7 nitrogen and oxygen atoms in total. The van der Waals surface area contributed by atoms with Crippen LogP contribution >= 0.6 is 15.9 Å². The summed E-state index contributed by atoms with van der Waals surface area (Å²) >= 11 is 3.87. The molecule has 0 saturated carbocycles. The second-order valence-electron chi connectivity index (χ2n) is 13.1. The number of allylic oxidation sites excluding steroid dienone is 3. The van der Waals surface area contributed by atoms with E-state index in [0.717, 1.165) is 21.2 Å². The van der Waals surface area contributed by atoms with E-state index in [9.17, 15) is 9.59 Å². The van der Waals surface area contributed by atoms with Gasteiger partial charge in [0.15, 0.2) is 17.3 Å². The molecule has 41 heavy (non-hydrogen) atoms. The SMILES string of the molecule is COc1cc(Br)c2c(c1OC)[C@]1(CCNC(=O)OC(C)(C)C)C=CC(=O)C=C1C[C@@H]2O[Si](C(C)C)(C(C)C)C(C)C. The van der Waals surface area contributed by atoms with Crippen LogP contribution < -0.4 is 14.8 Å². The van der Waals surface area contributed by atoms with Crippen molar-refractivity contribution in [2.75, 3.05) is 20.8 Å². The van der Waals surface area contributed by atoms with Gasteiger partial charge in [-0.1, -0.05) is 63.5 Å². The fraction of sp³-hybridized carbons (Fsp3) is 0.625. The maximum absolute atomic E-state index is 12.8. The lowest BCUT2D eigenvalue weighted by Gasteiger charge is -2.50. The average molecular weight is 651 g/mol. The van der Waals surface area contributed by atoms with Crippen molar-refractivity contribution in [1.82, 2.24) is 5.32 Å². The summed E-state index contributed by atoms with van der Waals surface area (Å²) in [6.07, 6.45) is 5.61. The fourth-order valence-corrected chi connectivity index (χ4v) is 13.2. The van der Waals surface area contributed by atoms with E-state index in [1.807, 2.05) is 32.9 Å². The van der Waals surface area contributed by atoms with E-state index in [1.165, 1.54) is 0 Å². The zero-order valence-electron chi connectivity index (χ0n) is 26.6. The van der Waals surface area contributed by atoms with E-state index in [1.54, 1.807) is 26.4 Å². The molecule has 1 aromatic rings. The minimum Gasteiger partial charge on any atom is -0.493 e. The van der Waals surface area contributed by atoms with Crippen LogP contribution in [-0.4, -0.2) is 46.6 Å². The van der Waals surface area contributed by atoms with E-state index in [4.69, 9.17) is 18.6 Å². The molecule has 2 aliphatic carbocycles. The van der Waals surface area contributed by atoms with Gasteiger partial charge >= 0.3 is 6.09 Å². The van der Waals surface area contributed by atoms with Crippen LogP contribution in [0.4, 0.5) is 4.79 Å². The summed E-state index contributed by atoms with van der Waals surface area (Å²) in [5.74, 6) is 1.13. The van der Waals surface area contributed by atoms with E-state index in [-0.39, 0.29) is 11.9 Å². The molecule has 0 saturated heterocycles. The number of rotatable bonds is 10. The molecule has 0 aromatic heterocycles. The van der Waals surface area contributed by atoms with Crippen LogP contribution in [0.25, 0.3) is 0 Å². The zero-order valence-corrected chi connectivity index (χ0v) is 29.2. The third kappa shape index (κ3) is 6.47. The van der Waals surface area contributed by atoms with Crippen molar-refractivity contribution in [2.24, 2.45) is 0 Å². The Labute approximate surface area is 255 Å². The van der Waals surface area contributed by atoms with Crippen LogP contribution in [0.15, 0.2) is 34.3 Å². The Morgan fingerprint density at radius 1 is 1.10 bits per heavy atom. The first-order chi connectivity index (χ1) is 19.0. The van der Waals surface area contributed by atoms with Gasteiger partial charge < -0.3 is 24.0 Å². The molecule has 0 unspecified atom stereocenters. The zero-order chi connectivity index (χ0) is 30.9. The number of hydrogen-bond acceptors (Lipinski definition) is 6. The number of benzene rings is 1. The molecule has 228 valence electrons. The normalized spacial score (nSPS) is 20.6. The van der Waals surface area contributed by atoms with Gasteiger partial charge in [-0.15, -0.1) is 0 Å². The molecule has 1 N–H and O–H groups in total. The lowest BCUT2D eigenvalue weighted by molar-refractivity contribution is -0.110. The van der Waals surface area contributed by atoms with Crippen LogP contribution in [0, 0.1) is 0 Å². The predicted octanol–water partition coefficient (Wildman–Crippen LogP) is 8.32. The van der Waals surface area contributed by atoms with Gasteiger partial charge in [-0.25, -0.2) is 4.79 Å². The summed E-state index contributed by atoms with van der Waals surface area (Å²) in [7, 11) is 0.945. The highest BCUT2D eigenvalue weighted by Gasteiger charge is 2.52. The smallest absolute Gasteiger partial charge is 0.407 e. The van der Waals surface area contributed by atoms with Crippen molar-refractivity contribution in [1.29, 1.82) is 0 Å². The van der Waals surface area contributed by atoms with E-state index in [2.05, 4.69) is 62.8 Å². The number of alkyl carbamates (subject to hydrolysis) is 1. The summed E-state index contributed by atoms with van der Waals surface area (Å²) in [4.78, 5) is 25.4. The third-order valence-electron chi connectivity index (χ3n) is 8.50. The number of amides is 1. The molecule has 0 heterocycles. The Morgan fingerprint density at radius 2 is 1.71 bits per heavy atom. The Bertz CT molecular complexity index is 1190. The van der Waals surface area contributed by atoms with E-state index in [0.29, 0.717) is 47.5 Å². The maximum atomic E-state index is 12.8. The Morgan fingerprint density at radius 3 is 2.22 bits per heavy atom. The highest BCUT2D eigenvalue weighted by Crippen LogP contribution is 2.59. The first kappa shape index (κ1) is 33.4. The minimum absolute atomic E-state index is 0.0565. The standard InChI is InChI=1S/C32H48BrNO6Si/c1-19(2)41(20(3)4,21(5)6)40-25-17-22-16-23(35)12-13-32(22,14-15-34-30(36)39-31(7,8)9)28-27(25)24(33)18-26(37-10)29(28)38-11/h12-13,16,18-21,25H,14-15,17H2,1-11H3,(H,34,36)/t25-,32-/m0/s1. The van der Waals surface area contributed by atoms with Crippen LogP contribution in [-0.2, 0) is 19.4 Å². The van der Waals surface area contributed by atoms with Gasteiger partial charge in [0.05, 0.1) is 20.3 Å². The molecule has 2 aliphatic rings. The van der Waals surface area contributed by atoms with Crippen molar-refractivity contribution in [2.45, 2.75) is 109 Å². The summed E-state index contributed by atoms with van der Waals surface area (Å²) in [5.41, 5.74) is 2.71. The van der Waals surface area contributed by atoms with Crippen LogP contribution in [0.3, 0.4) is 0 Å². The highest BCUT2D eigenvalue weighted by atomic mass is 79.9. The molecule has 0 spiro atoms. The number of ether oxygens (including phenoxy) is 3. The highest BCUT2D eigenvalue weighted by molar-refractivity contribution is 9.10. The third-order valence-corrected chi connectivity index (χ3v) is 15.3. The first-order valence-corrected chi connectivity index (χ1v) is 17.5. The lowest BCUT2D eigenvalue weighted by Crippen LogP contribution is -2.50. The van der Waals surface area contributed by atoms with Crippen LogP contribution in [0.1, 0.15) is 92.4 Å². The fourth-order valence-electron chi connectivity index (χ4n) is 7.00. The molecule has 0 bridgehead atoms. The van der Waals surface area contributed by atoms with Crippen molar-refractivity contribution >= 4 is 36.1 Å². The Hall–Kier alpha value is -2.10. The number of halogens is 1. The van der Waals surface area contributed by atoms with Gasteiger partial charge in [-0.2, -0.15) is 0 Å². The molecule has 1 amide bonds. The summed E-state index contributed by atoms with van der Waals surface area (Å²) in [5, 5.41) is 2.92. The molecule has 0 aliphatic heterocycles. The molecule has 3 rings (SSSR count). The van der Waals surface area contributed by atoms with Gasteiger partial charge in [-0.05, 0) is 74.0 Å². The van der Waals surface area contributed by atoms with Crippen LogP contribution in [0.5, 0.6) is 11.5 Å². The quantitative estimate of drug-likeness (QED) is 0.257. The second kappa shape index (κ2) is 12.6. The van der Waals surface area contributed by atoms with Crippen molar-refractivity contribution < 1.29 is 28.2 Å². The maximum Gasteiger partial charge on any atom is 0.407 e. The van der Waals surface area contributed by atoms with Crippen molar-refractivity contribution in [3.63, 3.8) is 0 Å². The summed E-state index contributed by atoms with van der Waals surface area (Å²) in [6, 6.07) is 1.94. The number of ketones is 1. The largest absolute Gasteiger partial charge is 0.493 e. The van der Waals surface area contributed by atoms with E-state index >= 15 is 0 Å². The molecule has 9 heteroatoms. The molecule has 0 fully saturated rings.